The van der Waals surface area contributed by atoms with Crippen LogP contribution in [0.2, 0.25) is 0 Å². The van der Waals surface area contributed by atoms with Gasteiger partial charge >= 0.3 is 0 Å². The number of aromatic nitrogens is 1. The monoisotopic (exact) mass is 191 g/mol. The van der Waals surface area contributed by atoms with Crippen molar-refractivity contribution in [2.75, 3.05) is 0 Å². The molecule has 0 amide bonds. The molecule has 2 rings (SSSR count). The van der Waals surface area contributed by atoms with Gasteiger partial charge in [-0.15, -0.1) is 0 Å². The van der Waals surface area contributed by atoms with E-state index in [0.717, 1.165) is 0 Å². The highest BCUT2D eigenvalue weighted by molar-refractivity contribution is 5.31. The second-order valence-corrected chi connectivity index (χ2v) is 5.47. The fourth-order valence-corrected chi connectivity index (χ4v) is 2.79. The van der Waals surface area contributed by atoms with Crippen molar-refractivity contribution in [1.29, 1.82) is 0 Å². The van der Waals surface area contributed by atoms with Crippen molar-refractivity contribution < 1.29 is 0 Å². The molecule has 0 aromatic carbocycles. The lowest BCUT2D eigenvalue weighted by molar-refractivity contribution is 0.373. The Labute approximate surface area is 87.1 Å². The zero-order valence-corrected chi connectivity index (χ0v) is 9.85. The van der Waals surface area contributed by atoms with Crippen LogP contribution in [-0.2, 0) is 18.4 Å². The SMILES string of the molecule is Cc1cc2c(n1C(C)(C)C)CCCC2. The van der Waals surface area contributed by atoms with Gasteiger partial charge in [-0.25, -0.2) is 0 Å². The molecule has 0 radical (unpaired) electrons. The van der Waals surface area contributed by atoms with Gasteiger partial charge in [0.05, 0.1) is 0 Å². The average molecular weight is 191 g/mol. The van der Waals surface area contributed by atoms with Crippen LogP contribution in [0.15, 0.2) is 6.07 Å². The van der Waals surface area contributed by atoms with Crippen LogP contribution in [-0.4, -0.2) is 4.57 Å². The molecule has 14 heavy (non-hydrogen) atoms. The van der Waals surface area contributed by atoms with Crippen LogP contribution in [0.5, 0.6) is 0 Å². The van der Waals surface area contributed by atoms with E-state index in [9.17, 15) is 0 Å². The summed E-state index contributed by atoms with van der Waals surface area (Å²) in [6, 6.07) is 2.39. The summed E-state index contributed by atoms with van der Waals surface area (Å²) in [4.78, 5) is 0. The Bertz CT molecular complexity index is 339. The second-order valence-electron chi connectivity index (χ2n) is 5.47. The molecule has 0 aliphatic heterocycles. The van der Waals surface area contributed by atoms with E-state index in [1.54, 1.807) is 11.3 Å². The predicted molar refractivity (Wildman–Crippen MR) is 60.8 cm³/mol. The number of aryl methyl sites for hydroxylation is 2. The zero-order chi connectivity index (χ0) is 10.3. The van der Waals surface area contributed by atoms with Crippen molar-refractivity contribution in [3.63, 3.8) is 0 Å². The van der Waals surface area contributed by atoms with Gasteiger partial charge in [-0.2, -0.15) is 0 Å². The number of fused-ring (bicyclic) bond motifs is 1. The Morgan fingerprint density at radius 1 is 1.14 bits per heavy atom. The second kappa shape index (κ2) is 3.15. The van der Waals surface area contributed by atoms with Crippen molar-refractivity contribution in [3.05, 3.63) is 23.0 Å². The van der Waals surface area contributed by atoms with Crippen LogP contribution < -0.4 is 0 Å². The van der Waals surface area contributed by atoms with Gasteiger partial charge in [0, 0.05) is 16.9 Å². The zero-order valence-electron chi connectivity index (χ0n) is 9.85. The molecule has 0 bridgehead atoms. The van der Waals surface area contributed by atoms with Gasteiger partial charge in [-0.05, 0) is 65.0 Å². The van der Waals surface area contributed by atoms with Crippen molar-refractivity contribution in [3.8, 4) is 0 Å². The van der Waals surface area contributed by atoms with Gasteiger partial charge in [0.2, 0.25) is 0 Å². The highest BCUT2D eigenvalue weighted by atomic mass is 15.1. The summed E-state index contributed by atoms with van der Waals surface area (Å²) in [6.45, 7) is 9.14. The number of nitrogens with zero attached hydrogens (tertiary/aromatic N) is 1. The molecule has 0 fully saturated rings. The predicted octanol–water partition coefficient (Wildman–Crippen LogP) is 3.43. The van der Waals surface area contributed by atoms with E-state index in [-0.39, 0.29) is 5.54 Å². The molecule has 1 heteroatoms. The van der Waals surface area contributed by atoms with Gasteiger partial charge in [0.1, 0.15) is 0 Å². The third-order valence-corrected chi connectivity index (χ3v) is 3.16. The molecule has 1 nitrogen and oxygen atoms in total. The fourth-order valence-electron chi connectivity index (χ4n) is 2.79. The highest BCUT2D eigenvalue weighted by Gasteiger charge is 2.23. The van der Waals surface area contributed by atoms with Gasteiger partial charge in [0.25, 0.3) is 0 Å². The molecule has 0 saturated carbocycles. The molecule has 1 aliphatic carbocycles. The average Bonchev–Trinajstić information content (AvgIpc) is 2.38. The van der Waals surface area contributed by atoms with Crippen LogP contribution in [0.4, 0.5) is 0 Å². The standard InChI is InChI=1S/C13H21N/c1-10-9-11-7-5-6-8-12(11)14(10)13(2,3)4/h9H,5-8H2,1-4H3. The van der Waals surface area contributed by atoms with Gasteiger partial charge in [0.15, 0.2) is 0 Å². The summed E-state index contributed by atoms with van der Waals surface area (Å²) in [5.41, 5.74) is 4.88. The first-order valence-corrected chi connectivity index (χ1v) is 5.71. The molecular formula is C13H21N. The van der Waals surface area contributed by atoms with E-state index in [1.807, 2.05) is 0 Å². The molecule has 78 valence electrons. The molecule has 1 aliphatic rings. The van der Waals surface area contributed by atoms with Crippen molar-refractivity contribution in [1.82, 2.24) is 4.57 Å². The number of hydrogen-bond donors (Lipinski definition) is 0. The number of rotatable bonds is 0. The Kier molecular flexibility index (Phi) is 2.21. The fraction of sp³-hybridized carbons (Fsp3) is 0.692. The summed E-state index contributed by atoms with van der Waals surface area (Å²) in [5.74, 6) is 0. The molecule has 0 N–H and O–H groups in total. The molecular weight excluding hydrogens is 170 g/mol. The summed E-state index contributed by atoms with van der Waals surface area (Å²) >= 11 is 0. The van der Waals surface area contributed by atoms with E-state index in [0.29, 0.717) is 0 Å². The first-order chi connectivity index (χ1) is 6.50. The highest BCUT2D eigenvalue weighted by Crippen LogP contribution is 2.29. The van der Waals surface area contributed by atoms with E-state index >= 15 is 0 Å². The Balaban J connectivity index is 2.53. The first-order valence-electron chi connectivity index (χ1n) is 5.71. The lowest BCUT2D eigenvalue weighted by atomic mass is 9.97. The van der Waals surface area contributed by atoms with Crippen LogP contribution >= 0.6 is 0 Å². The van der Waals surface area contributed by atoms with Crippen LogP contribution in [0.1, 0.15) is 50.6 Å². The summed E-state index contributed by atoms with van der Waals surface area (Å²) in [5, 5.41) is 0. The lowest BCUT2D eigenvalue weighted by Crippen LogP contribution is -2.26. The third-order valence-electron chi connectivity index (χ3n) is 3.16. The summed E-state index contributed by atoms with van der Waals surface area (Å²) in [7, 11) is 0. The molecule has 1 aromatic rings. The van der Waals surface area contributed by atoms with Gasteiger partial charge < -0.3 is 4.57 Å². The van der Waals surface area contributed by atoms with Crippen LogP contribution in [0, 0.1) is 6.92 Å². The van der Waals surface area contributed by atoms with E-state index in [1.165, 1.54) is 31.4 Å². The minimum atomic E-state index is 0.245. The normalized spacial score (nSPS) is 16.9. The minimum absolute atomic E-state index is 0.245. The van der Waals surface area contributed by atoms with Crippen molar-refractivity contribution in [2.45, 2.75) is 58.9 Å². The maximum atomic E-state index is 2.53. The Hall–Kier alpha value is -0.720. The summed E-state index contributed by atoms with van der Waals surface area (Å²) in [6.07, 6.45) is 5.31. The quantitative estimate of drug-likeness (QED) is 0.592. The largest absolute Gasteiger partial charge is 0.343 e. The smallest absolute Gasteiger partial charge is 0.0360 e. The van der Waals surface area contributed by atoms with E-state index < -0.39 is 0 Å². The maximum Gasteiger partial charge on any atom is 0.0360 e. The van der Waals surface area contributed by atoms with Crippen molar-refractivity contribution >= 4 is 0 Å². The van der Waals surface area contributed by atoms with Crippen LogP contribution in [0.3, 0.4) is 0 Å². The lowest BCUT2D eigenvalue weighted by Gasteiger charge is -2.28. The molecule has 0 unspecified atom stereocenters. The van der Waals surface area contributed by atoms with E-state index in [4.69, 9.17) is 0 Å². The molecule has 0 spiro atoms. The van der Waals surface area contributed by atoms with Crippen LogP contribution in [0.25, 0.3) is 0 Å². The molecule has 0 atom stereocenters. The Morgan fingerprint density at radius 3 is 2.43 bits per heavy atom. The number of hydrogen-bond acceptors (Lipinski definition) is 0. The summed E-state index contributed by atoms with van der Waals surface area (Å²) < 4.78 is 2.53. The molecule has 1 heterocycles. The third kappa shape index (κ3) is 1.49. The molecule has 1 aromatic heterocycles. The van der Waals surface area contributed by atoms with Gasteiger partial charge in [-0.1, -0.05) is 0 Å². The maximum absolute atomic E-state index is 2.53. The first kappa shape index (κ1) is 9.82. The Morgan fingerprint density at radius 2 is 1.79 bits per heavy atom. The topological polar surface area (TPSA) is 4.93 Å². The van der Waals surface area contributed by atoms with Gasteiger partial charge in [-0.3, -0.25) is 0 Å². The molecule has 0 saturated heterocycles. The van der Waals surface area contributed by atoms with E-state index in [2.05, 4.69) is 38.3 Å². The van der Waals surface area contributed by atoms with Crippen molar-refractivity contribution in [2.24, 2.45) is 0 Å². The minimum Gasteiger partial charge on any atom is -0.343 e.